The number of amides is 1. The fourth-order valence-electron chi connectivity index (χ4n) is 2.60. The molecule has 3 rings (SSSR count). The molecule has 0 N–H and O–H groups in total. The lowest BCUT2D eigenvalue weighted by Gasteiger charge is -2.17. The van der Waals surface area contributed by atoms with Crippen LogP contribution in [-0.4, -0.2) is 30.8 Å². The Kier molecular flexibility index (Phi) is 2.51. The Bertz CT molecular complexity index is 524. The Morgan fingerprint density at radius 2 is 2.33 bits per heavy atom. The molecule has 1 aromatic carbocycles. The lowest BCUT2D eigenvalue weighted by Crippen LogP contribution is -2.31. The molecule has 0 aromatic heterocycles. The van der Waals surface area contributed by atoms with Gasteiger partial charge in [-0.1, -0.05) is 12.6 Å². The quantitative estimate of drug-likeness (QED) is 0.762. The molecule has 1 unspecified atom stereocenters. The largest absolute Gasteiger partial charge is 0.497 e. The molecule has 2 heterocycles. The van der Waals surface area contributed by atoms with Crippen molar-refractivity contribution in [3.8, 4) is 5.75 Å². The van der Waals surface area contributed by atoms with Crippen molar-refractivity contribution in [3.63, 3.8) is 0 Å². The van der Waals surface area contributed by atoms with Crippen molar-refractivity contribution in [2.45, 2.75) is 19.0 Å². The maximum Gasteiger partial charge on any atom is 0.410 e. The average Bonchev–Trinajstić information content (AvgIpc) is 2.64. The molecule has 0 saturated carbocycles. The van der Waals surface area contributed by atoms with Crippen LogP contribution in [0.25, 0.3) is 5.57 Å². The molecule has 0 radical (unpaired) electrons. The maximum absolute atomic E-state index is 11.7. The lowest BCUT2D eigenvalue weighted by atomic mass is 9.98. The van der Waals surface area contributed by atoms with Gasteiger partial charge in [0.2, 0.25) is 0 Å². The molecule has 2 aliphatic heterocycles. The topological polar surface area (TPSA) is 38.8 Å². The van der Waals surface area contributed by atoms with E-state index in [9.17, 15) is 4.79 Å². The summed E-state index contributed by atoms with van der Waals surface area (Å²) in [4.78, 5) is 13.4. The predicted molar refractivity (Wildman–Crippen MR) is 67.3 cm³/mol. The molecule has 4 heteroatoms. The van der Waals surface area contributed by atoms with Crippen molar-refractivity contribution in [2.75, 3.05) is 13.7 Å². The number of carbonyl (C=O) groups is 1. The van der Waals surface area contributed by atoms with Gasteiger partial charge >= 0.3 is 6.09 Å². The summed E-state index contributed by atoms with van der Waals surface area (Å²) in [5.74, 6) is 0.799. The number of cyclic esters (lactones) is 1. The highest BCUT2D eigenvalue weighted by atomic mass is 16.6. The van der Waals surface area contributed by atoms with E-state index in [2.05, 4.69) is 6.58 Å². The first kappa shape index (κ1) is 11.1. The van der Waals surface area contributed by atoms with Crippen LogP contribution < -0.4 is 4.74 Å². The van der Waals surface area contributed by atoms with E-state index < -0.39 is 0 Å². The summed E-state index contributed by atoms with van der Waals surface area (Å²) >= 11 is 0. The van der Waals surface area contributed by atoms with Gasteiger partial charge in [0.1, 0.15) is 12.4 Å². The van der Waals surface area contributed by atoms with Crippen LogP contribution in [0.2, 0.25) is 0 Å². The molecule has 1 atom stereocenters. The van der Waals surface area contributed by atoms with E-state index >= 15 is 0 Å². The molecule has 0 aliphatic carbocycles. The second-order valence-corrected chi connectivity index (χ2v) is 4.69. The fraction of sp³-hybridized carbons (Fsp3) is 0.357. The van der Waals surface area contributed by atoms with Crippen molar-refractivity contribution in [3.05, 3.63) is 35.9 Å². The smallest absolute Gasteiger partial charge is 0.410 e. The first-order valence-corrected chi connectivity index (χ1v) is 5.97. The third-order valence-corrected chi connectivity index (χ3v) is 3.59. The number of hydrogen-bond donors (Lipinski definition) is 0. The van der Waals surface area contributed by atoms with Gasteiger partial charge < -0.3 is 9.47 Å². The molecule has 1 fully saturated rings. The second kappa shape index (κ2) is 4.05. The summed E-state index contributed by atoms with van der Waals surface area (Å²) in [5.41, 5.74) is 3.25. The molecular formula is C14H15NO3. The standard InChI is InChI=1S/C14H15NO3/c1-9-5-11-8-18-14(16)15(11)7-10-6-12(17-2)3-4-13(9)10/h3-4,6,11H,1,5,7-8H2,2H3. The fourth-order valence-corrected chi connectivity index (χ4v) is 2.60. The zero-order valence-electron chi connectivity index (χ0n) is 10.3. The number of fused-ring (bicyclic) bond motifs is 2. The second-order valence-electron chi connectivity index (χ2n) is 4.69. The molecule has 1 saturated heterocycles. The Labute approximate surface area is 106 Å². The van der Waals surface area contributed by atoms with Crippen molar-refractivity contribution in [1.29, 1.82) is 0 Å². The van der Waals surface area contributed by atoms with Gasteiger partial charge in [-0.05, 0) is 35.3 Å². The number of ether oxygens (including phenoxy) is 2. The lowest BCUT2D eigenvalue weighted by molar-refractivity contribution is 0.156. The maximum atomic E-state index is 11.7. The van der Waals surface area contributed by atoms with Crippen LogP contribution in [0.4, 0.5) is 4.79 Å². The molecule has 0 bridgehead atoms. The van der Waals surface area contributed by atoms with E-state index in [1.54, 1.807) is 12.0 Å². The van der Waals surface area contributed by atoms with Gasteiger partial charge in [-0.2, -0.15) is 0 Å². The van der Waals surface area contributed by atoms with E-state index in [0.717, 1.165) is 28.9 Å². The number of rotatable bonds is 1. The van der Waals surface area contributed by atoms with Crippen molar-refractivity contribution in [1.82, 2.24) is 4.90 Å². The van der Waals surface area contributed by atoms with Gasteiger partial charge in [0, 0.05) is 0 Å². The van der Waals surface area contributed by atoms with Crippen LogP contribution >= 0.6 is 0 Å². The summed E-state index contributed by atoms with van der Waals surface area (Å²) in [6.07, 6.45) is 0.536. The summed E-state index contributed by atoms with van der Waals surface area (Å²) in [7, 11) is 1.64. The molecule has 1 amide bonds. The Morgan fingerprint density at radius 1 is 1.50 bits per heavy atom. The molecule has 1 aromatic rings. The third-order valence-electron chi connectivity index (χ3n) is 3.59. The molecule has 18 heavy (non-hydrogen) atoms. The monoisotopic (exact) mass is 245 g/mol. The SMILES string of the molecule is C=C1CC2COC(=O)N2Cc2cc(OC)ccc21. The zero-order chi connectivity index (χ0) is 12.7. The van der Waals surface area contributed by atoms with Crippen LogP contribution in [0.3, 0.4) is 0 Å². The number of hydrogen-bond acceptors (Lipinski definition) is 3. The van der Waals surface area contributed by atoms with Crippen molar-refractivity contribution < 1.29 is 14.3 Å². The number of methoxy groups -OCH3 is 1. The Morgan fingerprint density at radius 3 is 3.11 bits per heavy atom. The van der Waals surface area contributed by atoms with E-state index in [1.807, 2.05) is 18.2 Å². The van der Waals surface area contributed by atoms with Crippen molar-refractivity contribution >= 4 is 11.7 Å². The molecule has 4 nitrogen and oxygen atoms in total. The van der Waals surface area contributed by atoms with Crippen LogP contribution in [0.5, 0.6) is 5.75 Å². The number of carbonyl (C=O) groups excluding carboxylic acids is 1. The molecular weight excluding hydrogens is 230 g/mol. The van der Waals surface area contributed by atoms with Crippen molar-refractivity contribution in [2.24, 2.45) is 0 Å². The first-order chi connectivity index (χ1) is 8.69. The minimum atomic E-state index is -0.233. The normalized spacial score (nSPS) is 22.1. The van der Waals surface area contributed by atoms with Gasteiger partial charge in [-0.25, -0.2) is 4.79 Å². The molecule has 94 valence electrons. The highest BCUT2D eigenvalue weighted by Crippen LogP contribution is 2.34. The van der Waals surface area contributed by atoms with Gasteiger partial charge in [0.15, 0.2) is 0 Å². The van der Waals surface area contributed by atoms with E-state index in [1.165, 1.54) is 0 Å². The average molecular weight is 245 g/mol. The van der Waals surface area contributed by atoms with Gasteiger partial charge in [-0.15, -0.1) is 0 Å². The minimum absolute atomic E-state index is 0.114. The van der Waals surface area contributed by atoms with Gasteiger partial charge in [0.05, 0.1) is 19.7 Å². The van der Waals surface area contributed by atoms with Crippen LogP contribution in [-0.2, 0) is 11.3 Å². The highest BCUT2D eigenvalue weighted by Gasteiger charge is 2.36. The highest BCUT2D eigenvalue weighted by molar-refractivity contribution is 5.75. The number of nitrogens with zero attached hydrogens (tertiary/aromatic N) is 1. The van der Waals surface area contributed by atoms with E-state index in [-0.39, 0.29) is 12.1 Å². The Balaban J connectivity index is 2.03. The third kappa shape index (κ3) is 1.65. The van der Waals surface area contributed by atoms with E-state index in [0.29, 0.717) is 13.2 Å². The molecule has 2 aliphatic rings. The van der Waals surface area contributed by atoms with Crippen LogP contribution in [0.1, 0.15) is 17.5 Å². The summed E-state index contributed by atoms with van der Waals surface area (Å²) < 4.78 is 10.3. The summed E-state index contributed by atoms with van der Waals surface area (Å²) in [6, 6.07) is 6.03. The van der Waals surface area contributed by atoms with E-state index in [4.69, 9.17) is 9.47 Å². The first-order valence-electron chi connectivity index (χ1n) is 5.97. The molecule has 0 spiro atoms. The van der Waals surface area contributed by atoms with Gasteiger partial charge in [0.25, 0.3) is 0 Å². The Hall–Kier alpha value is -1.97. The van der Waals surface area contributed by atoms with Gasteiger partial charge in [-0.3, -0.25) is 4.90 Å². The summed E-state index contributed by atoms with van der Waals surface area (Å²) in [6.45, 7) is 5.15. The predicted octanol–water partition coefficient (Wildman–Crippen LogP) is 2.43. The minimum Gasteiger partial charge on any atom is -0.497 e. The number of benzene rings is 1. The van der Waals surface area contributed by atoms with Crippen LogP contribution in [0, 0.1) is 0 Å². The summed E-state index contributed by atoms with van der Waals surface area (Å²) in [5, 5.41) is 0. The van der Waals surface area contributed by atoms with Crippen LogP contribution in [0.15, 0.2) is 24.8 Å². The zero-order valence-corrected chi connectivity index (χ0v) is 10.3.